The van der Waals surface area contributed by atoms with Crippen LogP contribution in [0.15, 0.2) is 0 Å². The second kappa shape index (κ2) is 10.2. The van der Waals surface area contributed by atoms with Gasteiger partial charge in [0.1, 0.15) is 0 Å². The summed E-state index contributed by atoms with van der Waals surface area (Å²) in [6, 6.07) is 0. The Bertz CT molecular complexity index is 263. The molecular formula is C16H32N2O2. The Morgan fingerprint density at radius 3 is 1.80 bits per heavy atom. The molecule has 1 saturated heterocycles. The molecule has 0 amide bonds. The van der Waals surface area contributed by atoms with Crippen LogP contribution in [0.5, 0.6) is 0 Å². The minimum absolute atomic E-state index is 0.693. The molecule has 3 N–H and O–H groups in total. The maximum atomic E-state index is 11.3. The summed E-state index contributed by atoms with van der Waals surface area (Å²) in [4.78, 5) is 11.3. The predicted molar refractivity (Wildman–Crippen MR) is 82.8 cm³/mol. The van der Waals surface area contributed by atoms with E-state index in [9.17, 15) is 9.90 Å². The van der Waals surface area contributed by atoms with Gasteiger partial charge in [0.25, 0.3) is 0 Å². The first-order valence-corrected chi connectivity index (χ1v) is 8.45. The van der Waals surface area contributed by atoms with Gasteiger partial charge in [0.05, 0.1) is 0 Å². The molecule has 0 spiro atoms. The highest BCUT2D eigenvalue weighted by Crippen LogP contribution is 2.17. The fourth-order valence-corrected chi connectivity index (χ4v) is 2.93. The summed E-state index contributed by atoms with van der Waals surface area (Å²) in [5, 5.41) is 15.5. The van der Waals surface area contributed by atoms with Crippen LogP contribution < -0.4 is 10.6 Å². The van der Waals surface area contributed by atoms with E-state index >= 15 is 0 Å². The number of hydrogen-bond donors (Lipinski definition) is 3. The molecule has 1 rings (SSSR count). The van der Waals surface area contributed by atoms with Gasteiger partial charge in [-0.05, 0) is 12.8 Å². The summed E-state index contributed by atoms with van der Waals surface area (Å²) in [7, 11) is 0. The molecule has 4 heteroatoms. The fourth-order valence-electron chi connectivity index (χ4n) is 2.93. The van der Waals surface area contributed by atoms with Gasteiger partial charge in [-0.2, -0.15) is 0 Å². The van der Waals surface area contributed by atoms with E-state index in [4.69, 9.17) is 0 Å². The van der Waals surface area contributed by atoms with Crippen molar-refractivity contribution in [3.05, 3.63) is 0 Å². The average molecular weight is 284 g/mol. The molecule has 0 radical (unpaired) electrons. The Labute approximate surface area is 123 Å². The third-order valence-electron chi connectivity index (χ3n) is 4.25. The Morgan fingerprint density at radius 2 is 1.35 bits per heavy atom. The van der Waals surface area contributed by atoms with E-state index in [0.29, 0.717) is 6.42 Å². The number of aliphatic carboxylic acids is 1. The smallest absolute Gasteiger partial charge is 0.338 e. The quantitative estimate of drug-likeness (QED) is 0.481. The number of carboxylic acids is 1. The van der Waals surface area contributed by atoms with Gasteiger partial charge >= 0.3 is 5.97 Å². The van der Waals surface area contributed by atoms with Crippen LogP contribution in [-0.4, -0.2) is 29.8 Å². The molecule has 0 aliphatic carbocycles. The van der Waals surface area contributed by atoms with Crippen molar-refractivity contribution in [1.82, 2.24) is 10.6 Å². The molecule has 0 aromatic carbocycles. The second-order valence-electron chi connectivity index (χ2n) is 6.00. The summed E-state index contributed by atoms with van der Waals surface area (Å²) >= 11 is 0. The van der Waals surface area contributed by atoms with E-state index in [1.54, 1.807) is 0 Å². The lowest BCUT2D eigenvalue weighted by Gasteiger charge is -2.24. The molecule has 4 nitrogen and oxygen atoms in total. The molecule has 1 heterocycles. The third-order valence-corrected chi connectivity index (χ3v) is 4.25. The van der Waals surface area contributed by atoms with E-state index in [2.05, 4.69) is 17.6 Å². The summed E-state index contributed by atoms with van der Waals surface area (Å²) in [5.41, 5.74) is -0.847. The van der Waals surface area contributed by atoms with Crippen molar-refractivity contribution in [3.63, 3.8) is 0 Å². The molecule has 20 heavy (non-hydrogen) atoms. The number of nitrogens with one attached hydrogen (secondary N) is 2. The number of rotatable bonds is 12. The van der Waals surface area contributed by atoms with Crippen molar-refractivity contribution in [2.75, 3.05) is 13.1 Å². The van der Waals surface area contributed by atoms with Gasteiger partial charge in [-0.15, -0.1) is 0 Å². The van der Waals surface area contributed by atoms with E-state index in [-0.39, 0.29) is 0 Å². The monoisotopic (exact) mass is 284 g/mol. The van der Waals surface area contributed by atoms with Crippen molar-refractivity contribution >= 4 is 5.97 Å². The summed E-state index contributed by atoms with van der Waals surface area (Å²) in [6.45, 7) is 3.76. The first-order valence-electron chi connectivity index (χ1n) is 8.45. The van der Waals surface area contributed by atoms with Gasteiger partial charge in [0, 0.05) is 13.1 Å². The van der Waals surface area contributed by atoms with E-state index < -0.39 is 11.6 Å². The van der Waals surface area contributed by atoms with Crippen LogP contribution in [0.25, 0.3) is 0 Å². The van der Waals surface area contributed by atoms with Gasteiger partial charge in [0.15, 0.2) is 5.66 Å². The molecular weight excluding hydrogens is 252 g/mol. The van der Waals surface area contributed by atoms with Gasteiger partial charge in [-0.3, -0.25) is 10.6 Å². The fraction of sp³-hybridized carbons (Fsp3) is 0.938. The Balaban J connectivity index is 1.95. The van der Waals surface area contributed by atoms with E-state index in [0.717, 1.165) is 25.9 Å². The molecule has 0 bridgehead atoms. The lowest BCUT2D eigenvalue weighted by molar-refractivity contribution is -0.145. The van der Waals surface area contributed by atoms with Gasteiger partial charge in [0.2, 0.25) is 0 Å². The maximum absolute atomic E-state index is 11.3. The molecule has 1 fully saturated rings. The van der Waals surface area contributed by atoms with Crippen molar-refractivity contribution in [2.45, 2.75) is 83.2 Å². The molecule has 0 saturated carbocycles. The van der Waals surface area contributed by atoms with Crippen LogP contribution >= 0.6 is 0 Å². The summed E-state index contributed by atoms with van der Waals surface area (Å²) in [5.74, 6) is -0.758. The zero-order valence-electron chi connectivity index (χ0n) is 13.0. The number of carboxylic acid groups (broad SMARTS) is 1. The van der Waals surface area contributed by atoms with Gasteiger partial charge < -0.3 is 5.11 Å². The second-order valence-corrected chi connectivity index (χ2v) is 6.00. The molecule has 1 aliphatic rings. The standard InChI is InChI=1S/C16H32N2O2/c1-2-3-4-5-6-7-8-9-10-11-12-16(15(19)20)17-13-14-18-16/h17-18H,2-14H2,1H3,(H,19,20). The van der Waals surface area contributed by atoms with Crippen molar-refractivity contribution in [2.24, 2.45) is 0 Å². The first-order chi connectivity index (χ1) is 9.71. The first kappa shape index (κ1) is 17.4. The number of carbonyl (C=O) groups is 1. The largest absolute Gasteiger partial charge is 0.479 e. The normalized spacial score (nSPS) is 17.4. The summed E-state index contributed by atoms with van der Waals surface area (Å²) in [6.07, 6.45) is 13.5. The average Bonchev–Trinajstić information content (AvgIpc) is 2.91. The Hall–Kier alpha value is -0.610. The minimum atomic E-state index is -0.847. The zero-order valence-corrected chi connectivity index (χ0v) is 13.0. The van der Waals surface area contributed by atoms with Crippen LogP contribution in [-0.2, 0) is 4.79 Å². The lowest BCUT2D eigenvalue weighted by atomic mass is 10.0. The predicted octanol–water partition coefficient (Wildman–Crippen LogP) is 3.27. The van der Waals surface area contributed by atoms with Crippen LogP contribution in [0, 0.1) is 0 Å². The van der Waals surface area contributed by atoms with Gasteiger partial charge in [-0.25, -0.2) is 4.79 Å². The highest BCUT2D eigenvalue weighted by atomic mass is 16.4. The lowest BCUT2D eigenvalue weighted by Crippen LogP contribution is -2.55. The van der Waals surface area contributed by atoms with Crippen LogP contribution in [0.3, 0.4) is 0 Å². The van der Waals surface area contributed by atoms with Crippen LogP contribution in [0.1, 0.15) is 77.6 Å². The zero-order chi connectivity index (χ0) is 14.7. The van der Waals surface area contributed by atoms with E-state index in [1.165, 1.54) is 51.4 Å². The molecule has 118 valence electrons. The Kier molecular flexibility index (Phi) is 8.86. The van der Waals surface area contributed by atoms with E-state index in [1.807, 2.05) is 0 Å². The number of hydrogen-bond acceptors (Lipinski definition) is 3. The maximum Gasteiger partial charge on any atom is 0.338 e. The van der Waals surface area contributed by atoms with Crippen molar-refractivity contribution in [3.8, 4) is 0 Å². The highest BCUT2D eigenvalue weighted by molar-refractivity contribution is 5.78. The minimum Gasteiger partial charge on any atom is -0.479 e. The number of unbranched alkanes of at least 4 members (excludes halogenated alkanes) is 9. The molecule has 1 aliphatic heterocycles. The Morgan fingerprint density at radius 1 is 0.900 bits per heavy atom. The topological polar surface area (TPSA) is 61.4 Å². The summed E-state index contributed by atoms with van der Waals surface area (Å²) < 4.78 is 0. The van der Waals surface area contributed by atoms with Crippen molar-refractivity contribution in [1.29, 1.82) is 0 Å². The molecule has 0 atom stereocenters. The molecule has 0 unspecified atom stereocenters. The highest BCUT2D eigenvalue weighted by Gasteiger charge is 2.39. The SMILES string of the molecule is CCCCCCCCCCCCC1(C(=O)O)NCCN1. The van der Waals surface area contributed by atoms with Crippen LogP contribution in [0.4, 0.5) is 0 Å². The van der Waals surface area contributed by atoms with Crippen LogP contribution in [0.2, 0.25) is 0 Å². The molecule has 0 aromatic heterocycles. The third kappa shape index (κ3) is 6.23. The van der Waals surface area contributed by atoms with Crippen molar-refractivity contribution < 1.29 is 9.90 Å². The van der Waals surface area contributed by atoms with Gasteiger partial charge in [-0.1, -0.05) is 64.7 Å². The molecule has 0 aromatic rings.